The fourth-order valence-electron chi connectivity index (χ4n) is 4.03. The minimum absolute atomic E-state index is 0.0127. The number of carbonyl (C=O) groups is 2. The second-order valence-electron chi connectivity index (χ2n) is 9.95. The largest absolute Gasteiger partial charge is 0.420 e. The zero-order valence-corrected chi connectivity index (χ0v) is 22.5. The Labute approximate surface area is 200 Å². The molecule has 0 aromatic carbocycles. The van der Waals surface area contributed by atoms with E-state index in [2.05, 4.69) is 59.8 Å². The monoisotopic (exact) mass is 493 g/mol. The summed E-state index contributed by atoms with van der Waals surface area (Å²) in [6, 6.07) is 1.64. The number of ketones is 1. The third-order valence-electron chi connectivity index (χ3n) is 6.01. The topological polar surface area (TPSA) is 117 Å². The van der Waals surface area contributed by atoms with Crippen LogP contribution in [0.15, 0.2) is 11.2 Å². The van der Waals surface area contributed by atoms with Gasteiger partial charge in [-0.2, -0.15) is 5.10 Å². The molecule has 2 aromatic heterocycles. The second kappa shape index (κ2) is 10.5. The fourth-order valence-corrected chi connectivity index (χ4v) is 5.39. The molecule has 182 valence electrons. The number of hydrogen-bond donors (Lipinski definition) is 1. The SMILES string of the molecule is Cc1cc(C(=O)C[C@H]2NC(=O)[C@H]2[C@@H](CO[SiH](C)C)C(C)(C)C)nn1CCSc1nnnn1C. The molecular weight excluding hydrogens is 458 g/mol. The van der Waals surface area contributed by atoms with E-state index in [1.54, 1.807) is 11.7 Å². The van der Waals surface area contributed by atoms with E-state index >= 15 is 0 Å². The Bertz CT molecular complexity index is 985. The maximum Gasteiger partial charge on any atom is 0.225 e. The molecule has 3 heterocycles. The Morgan fingerprint density at radius 1 is 1.36 bits per heavy atom. The Kier molecular flexibility index (Phi) is 8.11. The average Bonchev–Trinajstić information content (AvgIpc) is 3.29. The summed E-state index contributed by atoms with van der Waals surface area (Å²) in [7, 11) is 0.595. The number of amides is 1. The number of hydrogen-bond acceptors (Lipinski definition) is 8. The molecule has 1 fully saturated rings. The molecule has 3 atom stereocenters. The minimum atomic E-state index is -1.20. The molecule has 0 saturated carbocycles. The quantitative estimate of drug-likeness (QED) is 0.218. The van der Waals surface area contributed by atoms with Gasteiger partial charge in [-0.1, -0.05) is 32.5 Å². The minimum Gasteiger partial charge on any atom is -0.420 e. The van der Waals surface area contributed by atoms with Gasteiger partial charge in [-0.05, 0) is 47.8 Å². The Hall–Kier alpha value is -2.05. The lowest BCUT2D eigenvalue weighted by Gasteiger charge is -2.46. The summed E-state index contributed by atoms with van der Waals surface area (Å²) in [5, 5.41) is 19.6. The van der Waals surface area contributed by atoms with Crippen LogP contribution in [0.2, 0.25) is 13.1 Å². The predicted octanol–water partition coefficient (Wildman–Crippen LogP) is 1.86. The van der Waals surface area contributed by atoms with Crippen LogP contribution in [0.5, 0.6) is 0 Å². The molecule has 1 amide bonds. The molecule has 1 saturated heterocycles. The van der Waals surface area contributed by atoms with E-state index in [9.17, 15) is 9.59 Å². The van der Waals surface area contributed by atoms with E-state index in [0.717, 1.165) is 16.6 Å². The molecule has 0 bridgehead atoms. The number of nitrogens with one attached hydrogen (secondary N) is 1. The van der Waals surface area contributed by atoms with Gasteiger partial charge < -0.3 is 9.74 Å². The van der Waals surface area contributed by atoms with Crippen molar-refractivity contribution < 1.29 is 14.0 Å². The van der Waals surface area contributed by atoms with Gasteiger partial charge in [0.15, 0.2) is 14.8 Å². The number of rotatable bonds is 11. The average molecular weight is 494 g/mol. The number of aryl methyl sites for hydroxylation is 3. The van der Waals surface area contributed by atoms with Crippen LogP contribution in [0.25, 0.3) is 0 Å². The zero-order chi connectivity index (χ0) is 24.3. The molecule has 3 rings (SSSR count). The first-order valence-corrected chi connectivity index (χ1v) is 15.1. The predicted molar refractivity (Wildman–Crippen MR) is 129 cm³/mol. The number of aromatic nitrogens is 6. The van der Waals surface area contributed by atoms with Gasteiger partial charge in [0.05, 0.1) is 12.5 Å². The lowest BCUT2D eigenvalue weighted by molar-refractivity contribution is -0.141. The summed E-state index contributed by atoms with van der Waals surface area (Å²) in [5.41, 5.74) is 1.27. The van der Waals surface area contributed by atoms with Gasteiger partial charge in [-0.3, -0.25) is 14.3 Å². The Morgan fingerprint density at radius 2 is 2.09 bits per heavy atom. The standard InChI is InChI=1S/C21H35N7O3SSi/c1-13-10-15(24-28(13)8-9-32-20-23-25-26-27(20)5)17(29)11-16-18(19(30)22-16)14(21(2,3)4)12-31-33(6)7/h10,14,16,18,33H,8-9,11-12H2,1-7H3,(H,22,30)/t14-,16-,18+/m1/s1. The highest BCUT2D eigenvalue weighted by molar-refractivity contribution is 7.99. The van der Waals surface area contributed by atoms with Gasteiger partial charge in [-0.25, -0.2) is 4.68 Å². The van der Waals surface area contributed by atoms with Crippen LogP contribution < -0.4 is 5.32 Å². The van der Waals surface area contributed by atoms with Crippen molar-refractivity contribution in [2.24, 2.45) is 24.3 Å². The van der Waals surface area contributed by atoms with Crippen LogP contribution in [0.1, 0.15) is 43.4 Å². The Balaban J connectivity index is 1.61. The number of tetrazole rings is 1. The van der Waals surface area contributed by atoms with E-state index < -0.39 is 9.04 Å². The highest BCUT2D eigenvalue weighted by Gasteiger charge is 2.49. The van der Waals surface area contributed by atoms with Crippen molar-refractivity contribution >= 4 is 32.5 Å². The highest BCUT2D eigenvalue weighted by Crippen LogP contribution is 2.39. The molecule has 1 aliphatic rings. The molecule has 1 N–H and O–H groups in total. The van der Waals surface area contributed by atoms with Crippen LogP contribution in [-0.4, -0.2) is 69.1 Å². The summed E-state index contributed by atoms with van der Waals surface area (Å²) >= 11 is 1.54. The third-order valence-corrected chi connectivity index (χ3v) is 7.86. The van der Waals surface area contributed by atoms with E-state index in [-0.39, 0.29) is 41.4 Å². The first-order chi connectivity index (χ1) is 15.5. The van der Waals surface area contributed by atoms with E-state index in [4.69, 9.17) is 4.43 Å². The molecule has 0 spiro atoms. The van der Waals surface area contributed by atoms with Gasteiger partial charge >= 0.3 is 0 Å². The van der Waals surface area contributed by atoms with Gasteiger partial charge in [0.1, 0.15) is 5.69 Å². The maximum absolute atomic E-state index is 13.0. The normalized spacial score (nSPS) is 19.5. The summed E-state index contributed by atoms with van der Waals surface area (Å²) in [6.45, 7) is 13.8. The van der Waals surface area contributed by atoms with Crippen LogP contribution >= 0.6 is 11.8 Å². The number of carbonyl (C=O) groups excluding carboxylic acids is 2. The molecule has 1 aliphatic heterocycles. The molecule has 0 aliphatic carbocycles. The first kappa shape index (κ1) is 25.6. The van der Waals surface area contributed by atoms with Crippen molar-refractivity contribution in [2.45, 2.75) is 65.0 Å². The maximum atomic E-state index is 13.0. The van der Waals surface area contributed by atoms with Gasteiger partial charge in [-0.15, -0.1) is 5.10 Å². The van der Waals surface area contributed by atoms with Crippen molar-refractivity contribution in [3.8, 4) is 0 Å². The molecule has 33 heavy (non-hydrogen) atoms. The highest BCUT2D eigenvalue weighted by atomic mass is 32.2. The number of nitrogens with zero attached hydrogens (tertiary/aromatic N) is 6. The van der Waals surface area contributed by atoms with Gasteiger partial charge in [0, 0.05) is 37.6 Å². The lowest BCUT2D eigenvalue weighted by Crippen LogP contribution is -2.63. The fraction of sp³-hybridized carbons (Fsp3) is 0.714. The summed E-state index contributed by atoms with van der Waals surface area (Å²) in [5.74, 6) is 0.534. The second-order valence-corrected chi connectivity index (χ2v) is 13.4. The van der Waals surface area contributed by atoms with Crippen molar-refractivity contribution in [3.63, 3.8) is 0 Å². The summed E-state index contributed by atoms with van der Waals surface area (Å²) in [4.78, 5) is 25.5. The summed E-state index contributed by atoms with van der Waals surface area (Å²) in [6.07, 6.45) is 0.248. The van der Waals surface area contributed by atoms with E-state index in [0.29, 0.717) is 18.8 Å². The molecule has 0 radical (unpaired) electrons. The molecular formula is C21H35N7O3SSi. The smallest absolute Gasteiger partial charge is 0.225 e. The van der Waals surface area contributed by atoms with Crippen molar-refractivity contribution in [3.05, 3.63) is 17.5 Å². The van der Waals surface area contributed by atoms with Crippen LogP contribution in [0, 0.1) is 24.2 Å². The number of Topliss-reactive ketones (excluding diaryl/α,β-unsaturated/α-hetero) is 1. The van der Waals surface area contributed by atoms with Gasteiger partial charge in [0.2, 0.25) is 11.1 Å². The zero-order valence-electron chi connectivity index (χ0n) is 20.5. The third kappa shape index (κ3) is 6.30. The van der Waals surface area contributed by atoms with Crippen LogP contribution in [-0.2, 0) is 22.8 Å². The van der Waals surface area contributed by atoms with Crippen molar-refractivity contribution in [1.82, 2.24) is 35.3 Å². The summed E-state index contributed by atoms with van der Waals surface area (Å²) < 4.78 is 9.46. The number of thioether (sulfide) groups is 1. The van der Waals surface area contributed by atoms with Crippen LogP contribution in [0.4, 0.5) is 0 Å². The Morgan fingerprint density at radius 3 is 2.67 bits per heavy atom. The van der Waals surface area contributed by atoms with E-state index in [1.165, 1.54) is 11.8 Å². The van der Waals surface area contributed by atoms with Crippen LogP contribution in [0.3, 0.4) is 0 Å². The molecule has 10 nitrogen and oxygen atoms in total. The van der Waals surface area contributed by atoms with Crippen molar-refractivity contribution in [2.75, 3.05) is 12.4 Å². The van der Waals surface area contributed by atoms with Gasteiger partial charge in [0.25, 0.3) is 0 Å². The molecule has 0 unspecified atom stereocenters. The lowest BCUT2D eigenvalue weighted by atomic mass is 9.66. The molecule has 2 aromatic rings. The van der Waals surface area contributed by atoms with E-state index in [1.807, 2.05) is 17.7 Å². The number of β-lactam (4-membered cyclic amide) rings is 1. The first-order valence-electron chi connectivity index (χ1n) is 11.3. The van der Waals surface area contributed by atoms with Crippen molar-refractivity contribution in [1.29, 1.82) is 0 Å². The molecule has 12 heteroatoms.